The van der Waals surface area contributed by atoms with E-state index >= 15 is 0 Å². The lowest BCUT2D eigenvalue weighted by Crippen LogP contribution is -2.15. The van der Waals surface area contributed by atoms with Crippen LogP contribution in [0.25, 0.3) is 0 Å². The van der Waals surface area contributed by atoms with Crippen molar-refractivity contribution in [2.45, 2.75) is 16.2 Å². The van der Waals surface area contributed by atoms with Crippen LogP contribution >= 0.6 is 11.8 Å². The van der Waals surface area contributed by atoms with Crippen LogP contribution in [-0.2, 0) is 16.0 Å². The lowest BCUT2D eigenvalue weighted by Gasteiger charge is -2.08. The zero-order chi connectivity index (χ0) is 19.4. The third kappa shape index (κ3) is 8.55. The van der Waals surface area contributed by atoms with Crippen molar-refractivity contribution >= 4 is 29.5 Å². The minimum Gasteiger partial charge on any atom is -0.478 e. The molecule has 0 spiro atoms. The van der Waals surface area contributed by atoms with Crippen LogP contribution in [0.1, 0.15) is 5.56 Å². The first-order valence-corrected chi connectivity index (χ1v) is 8.15. The van der Waals surface area contributed by atoms with Crippen LogP contribution in [0, 0.1) is 0 Å². The third-order valence-corrected chi connectivity index (χ3v) is 3.94. The van der Waals surface area contributed by atoms with Crippen molar-refractivity contribution < 1.29 is 25.0 Å². The molecular weight excluding hydrogens is 356 g/mol. The first-order chi connectivity index (χ1) is 12.4. The Morgan fingerprint density at radius 3 is 2.04 bits per heavy atom. The molecule has 0 bridgehead atoms. The molecule has 0 radical (unpaired) electrons. The number of carboxylic acid groups (broad SMARTS) is 2. The number of rotatable bonds is 6. The average Bonchev–Trinajstić information content (AvgIpc) is 2.63. The predicted molar refractivity (Wildman–Crippen MR) is 98.5 cm³/mol. The van der Waals surface area contributed by atoms with E-state index in [2.05, 4.69) is 17.3 Å². The molecule has 7 nitrogen and oxygen atoms in total. The fraction of sp³-hybridized carbons (Fsp3) is 0.0556. The zero-order valence-electron chi connectivity index (χ0n) is 13.6. The lowest BCUT2D eigenvalue weighted by atomic mass is 10.1. The molecule has 8 heteroatoms. The summed E-state index contributed by atoms with van der Waals surface area (Å²) in [5.74, 6) is -2.30. The summed E-state index contributed by atoms with van der Waals surface area (Å²) in [5, 5.41) is 27.3. The minimum atomic E-state index is -1.26. The minimum absolute atomic E-state index is 0.219. The van der Waals surface area contributed by atoms with E-state index < -0.39 is 11.9 Å². The molecule has 0 aliphatic rings. The molecule has 0 atom stereocenters. The standard InChI is InChI=1S/C14H14N2OS.C4H4O4/c15-14(16-17)10-11-6-4-5-9-13(11)18-12-7-2-1-3-8-12;5-3(6)1-2-4(7)8/h1-9,17H,10H2,(H2,15,16);1-2H,(H,5,6)(H,7,8). The van der Waals surface area contributed by atoms with Gasteiger partial charge in [0, 0.05) is 28.4 Å². The van der Waals surface area contributed by atoms with Crippen LogP contribution in [0.5, 0.6) is 0 Å². The summed E-state index contributed by atoms with van der Waals surface area (Å²) >= 11 is 1.67. The number of hydrogen-bond acceptors (Lipinski definition) is 5. The SMILES string of the molecule is NC(Cc1ccccc1Sc1ccccc1)=NO.O=C(O)C=CC(=O)O. The molecule has 0 amide bonds. The number of carbonyl (C=O) groups is 2. The number of carboxylic acids is 2. The summed E-state index contributed by atoms with van der Waals surface area (Å²) in [6.45, 7) is 0. The molecule has 0 unspecified atom stereocenters. The van der Waals surface area contributed by atoms with Crippen LogP contribution in [0.15, 0.2) is 81.7 Å². The maximum Gasteiger partial charge on any atom is 0.328 e. The molecule has 5 N–H and O–H groups in total. The fourth-order valence-corrected chi connectivity index (χ4v) is 2.70. The predicted octanol–water partition coefficient (Wildman–Crippen LogP) is 2.84. The van der Waals surface area contributed by atoms with Gasteiger partial charge >= 0.3 is 11.9 Å². The fourth-order valence-electron chi connectivity index (χ4n) is 1.74. The van der Waals surface area contributed by atoms with Crippen molar-refractivity contribution in [3.05, 3.63) is 72.3 Å². The second kappa shape index (κ2) is 11.3. The quantitative estimate of drug-likeness (QED) is 0.201. The van der Waals surface area contributed by atoms with Crippen LogP contribution in [0.3, 0.4) is 0 Å². The molecule has 0 fully saturated rings. The van der Waals surface area contributed by atoms with Gasteiger partial charge in [-0.25, -0.2) is 9.59 Å². The maximum atomic E-state index is 9.55. The van der Waals surface area contributed by atoms with Crippen molar-refractivity contribution in [3.8, 4) is 0 Å². The largest absolute Gasteiger partial charge is 0.478 e. The Morgan fingerprint density at radius 1 is 0.962 bits per heavy atom. The molecule has 2 aromatic carbocycles. The number of nitrogens with two attached hydrogens (primary N) is 1. The normalized spacial score (nSPS) is 10.8. The summed E-state index contributed by atoms with van der Waals surface area (Å²) in [5.41, 5.74) is 6.62. The Hall–Kier alpha value is -3.26. The van der Waals surface area contributed by atoms with Crippen molar-refractivity contribution in [3.63, 3.8) is 0 Å². The number of amidine groups is 1. The number of hydrogen-bond donors (Lipinski definition) is 4. The molecule has 136 valence electrons. The van der Waals surface area contributed by atoms with Gasteiger partial charge in [-0.1, -0.05) is 53.3 Å². The Balaban J connectivity index is 0.000000359. The van der Waals surface area contributed by atoms with Gasteiger partial charge in [-0.05, 0) is 23.8 Å². The molecule has 0 aliphatic heterocycles. The molecule has 2 rings (SSSR count). The highest BCUT2D eigenvalue weighted by Crippen LogP contribution is 2.30. The highest BCUT2D eigenvalue weighted by Gasteiger charge is 2.05. The van der Waals surface area contributed by atoms with E-state index in [0.717, 1.165) is 10.5 Å². The van der Waals surface area contributed by atoms with Gasteiger partial charge < -0.3 is 21.2 Å². The van der Waals surface area contributed by atoms with E-state index in [-0.39, 0.29) is 5.84 Å². The van der Waals surface area contributed by atoms with Gasteiger partial charge in [-0.2, -0.15) is 0 Å². The van der Waals surface area contributed by atoms with E-state index in [1.807, 2.05) is 42.5 Å². The highest BCUT2D eigenvalue weighted by atomic mass is 32.2. The topological polar surface area (TPSA) is 133 Å². The Labute approximate surface area is 154 Å². The summed E-state index contributed by atoms with van der Waals surface area (Å²) in [4.78, 5) is 21.4. The van der Waals surface area contributed by atoms with Crippen molar-refractivity contribution in [2.24, 2.45) is 10.9 Å². The third-order valence-electron chi connectivity index (χ3n) is 2.81. The average molecular weight is 374 g/mol. The molecule has 0 heterocycles. The molecule has 2 aromatic rings. The van der Waals surface area contributed by atoms with E-state index in [4.69, 9.17) is 21.2 Å². The van der Waals surface area contributed by atoms with Gasteiger partial charge in [-0.15, -0.1) is 0 Å². The molecule has 0 saturated heterocycles. The van der Waals surface area contributed by atoms with Crippen molar-refractivity contribution in [2.75, 3.05) is 0 Å². The van der Waals surface area contributed by atoms with Crippen LogP contribution in [0.2, 0.25) is 0 Å². The summed E-state index contributed by atoms with van der Waals surface area (Å²) in [6.07, 6.45) is 1.57. The highest BCUT2D eigenvalue weighted by molar-refractivity contribution is 7.99. The maximum absolute atomic E-state index is 9.55. The second-order valence-electron chi connectivity index (χ2n) is 4.80. The van der Waals surface area contributed by atoms with Gasteiger partial charge in [0.05, 0.1) is 0 Å². The van der Waals surface area contributed by atoms with E-state index in [9.17, 15) is 9.59 Å². The van der Waals surface area contributed by atoms with Gasteiger partial charge in [0.1, 0.15) is 5.84 Å². The first-order valence-electron chi connectivity index (χ1n) is 7.33. The number of oxime groups is 1. The van der Waals surface area contributed by atoms with Gasteiger partial charge in [0.25, 0.3) is 0 Å². The molecule has 0 saturated carbocycles. The zero-order valence-corrected chi connectivity index (χ0v) is 14.5. The monoisotopic (exact) mass is 374 g/mol. The number of benzene rings is 2. The lowest BCUT2D eigenvalue weighted by molar-refractivity contribution is -0.134. The summed E-state index contributed by atoms with van der Waals surface area (Å²) in [7, 11) is 0. The Bertz CT molecular complexity index is 775. The van der Waals surface area contributed by atoms with Crippen LogP contribution in [0.4, 0.5) is 0 Å². The first kappa shape index (κ1) is 20.8. The van der Waals surface area contributed by atoms with Crippen LogP contribution < -0.4 is 5.73 Å². The van der Waals surface area contributed by atoms with Crippen molar-refractivity contribution in [1.29, 1.82) is 0 Å². The van der Waals surface area contributed by atoms with Gasteiger partial charge in [0.2, 0.25) is 0 Å². The smallest absolute Gasteiger partial charge is 0.328 e. The molecular formula is C18H18N2O5S. The second-order valence-corrected chi connectivity index (χ2v) is 5.92. The number of aliphatic carboxylic acids is 2. The van der Waals surface area contributed by atoms with Gasteiger partial charge in [-0.3, -0.25) is 0 Å². The Morgan fingerprint density at radius 2 is 1.50 bits per heavy atom. The summed E-state index contributed by atoms with van der Waals surface area (Å²) in [6, 6.07) is 18.1. The van der Waals surface area contributed by atoms with E-state index in [1.165, 1.54) is 4.90 Å². The number of nitrogens with zero attached hydrogens (tertiary/aromatic N) is 1. The van der Waals surface area contributed by atoms with Crippen LogP contribution in [-0.4, -0.2) is 33.2 Å². The molecule has 0 aliphatic carbocycles. The van der Waals surface area contributed by atoms with E-state index in [0.29, 0.717) is 18.6 Å². The Kier molecular flexibility index (Phi) is 9.05. The van der Waals surface area contributed by atoms with Crippen molar-refractivity contribution in [1.82, 2.24) is 0 Å². The van der Waals surface area contributed by atoms with Gasteiger partial charge in [0.15, 0.2) is 0 Å². The molecule has 0 aromatic heterocycles. The summed E-state index contributed by atoms with van der Waals surface area (Å²) < 4.78 is 0. The van der Waals surface area contributed by atoms with E-state index in [1.54, 1.807) is 11.8 Å². The molecule has 26 heavy (non-hydrogen) atoms.